The van der Waals surface area contributed by atoms with E-state index in [-0.39, 0.29) is 18.1 Å². The van der Waals surface area contributed by atoms with E-state index < -0.39 is 15.8 Å². The van der Waals surface area contributed by atoms with Crippen molar-refractivity contribution in [1.29, 1.82) is 0 Å². The molecule has 0 aromatic heterocycles. The van der Waals surface area contributed by atoms with Crippen LogP contribution in [0.4, 0.5) is 5.69 Å². The summed E-state index contributed by atoms with van der Waals surface area (Å²) in [5, 5.41) is 0. The van der Waals surface area contributed by atoms with Gasteiger partial charge in [-0.15, -0.1) is 0 Å². The highest BCUT2D eigenvalue weighted by Crippen LogP contribution is 2.16. The Labute approximate surface area is 107 Å². The molecule has 0 spiro atoms. The maximum atomic E-state index is 11.7. The van der Waals surface area contributed by atoms with E-state index in [1.54, 1.807) is 32.0 Å². The number of ether oxygens (including phenoxy) is 1. The summed E-state index contributed by atoms with van der Waals surface area (Å²) in [4.78, 5) is 11.7. The molecule has 0 fully saturated rings. The first-order valence-corrected chi connectivity index (χ1v) is 7.42. The SMILES string of the molecule is CCS(=O)(=O)CCOC(=O)c1cccc(N)c1C. The zero-order chi connectivity index (χ0) is 13.8. The summed E-state index contributed by atoms with van der Waals surface area (Å²) in [5.74, 6) is -0.663. The average Bonchev–Trinajstić information content (AvgIpc) is 2.32. The van der Waals surface area contributed by atoms with E-state index in [9.17, 15) is 13.2 Å². The fraction of sp³-hybridized carbons (Fsp3) is 0.417. The molecule has 0 atom stereocenters. The number of esters is 1. The third-order valence-corrected chi connectivity index (χ3v) is 4.33. The molecule has 1 aromatic rings. The smallest absolute Gasteiger partial charge is 0.338 e. The molecule has 0 aliphatic heterocycles. The molecule has 1 aromatic carbocycles. The van der Waals surface area contributed by atoms with Crippen molar-refractivity contribution in [3.05, 3.63) is 29.3 Å². The van der Waals surface area contributed by atoms with E-state index in [1.165, 1.54) is 0 Å². The zero-order valence-corrected chi connectivity index (χ0v) is 11.3. The highest BCUT2D eigenvalue weighted by Gasteiger charge is 2.14. The van der Waals surface area contributed by atoms with Gasteiger partial charge >= 0.3 is 5.97 Å². The van der Waals surface area contributed by atoms with Gasteiger partial charge in [0.1, 0.15) is 6.61 Å². The Balaban J connectivity index is 2.64. The second-order valence-corrected chi connectivity index (χ2v) is 6.36. The van der Waals surface area contributed by atoms with Crippen LogP contribution >= 0.6 is 0 Å². The molecule has 0 unspecified atom stereocenters. The van der Waals surface area contributed by atoms with E-state index in [1.807, 2.05) is 0 Å². The van der Waals surface area contributed by atoms with Gasteiger partial charge in [-0.1, -0.05) is 13.0 Å². The molecule has 0 saturated heterocycles. The third-order valence-electron chi connectivity index (χ3n) is 2.66. The van der Waals surface area contributed by atoms with Gasteiger partial charge in [-0.25, -0.2) is 13.2 Å². The monoisotopic (exact) mass is 271 g/mol. The molecule has 0 aliphatic rings. The van der Waals surface area contributed by atoms with Gasteiger partial charge in [0.05, 0.1) is 11.3 Å². The first-order chi connectivity index (χ1) is 8.37. The van der Waals surface area contributed by atoms with E-state index in [0.717, 1.165) is 0 Å². The molecule has 100 valence electrons. The fourth-order valence-corrected chi connectivity index (χ4v) is 1.98. The Kier molecular flexibility index (Phi) is 4.72. The van der Waals surface area contributed by atoms with Gasteiger partial charge in [-0.3, -0.25) is 0 Å². The zero-order valence-electron chi connectivity index (χ0n) is 10.5. The van der Waals surface area contributed by atoms with Crippen LogP contribution in [0.15, 0.2) is 18.2 Å². The predicted octanol–water partition coefficient (Wildman–Crippen LogP) is 1.17. The standard InChI is InChI=1S/C12H17NO4S/c1-3-18(15,16)8-7-17-12(14)10-5-4-6-11(13)9(10)2/h4-6H,3,7-8,13H2,1-2H3. The number of nitrogens with two attached hydrogens (primary N) is 1. The number of hydrogen-bond acceptors (Lipinski definition) is 5. The lowest BCUT2D eigenvalue weighted by molar-refractivity contribution is 0.0528. The van der Waals surface area contributed by atoms with Gasteiger partial charge in [0, 0.05) is 11.4 Å². The van der Waals surface area contributed by atoms with Crippen LogP contribution in [-0.2, 0) is 14.6 Å². The number of carbonyl (C=O) groups is 1. The van der Waals surface area contributed by atoms with Crippen molar-refractivity contribution in [3.63, 3.8) is 0 Å². The van der Waals surface area contributed by atoms with Crippen molar-refractivity contribution in [2.45, 2.75) is 13.8 Å². The van der Waals surface area contributed by atoms with Crippen molar-refractivity contribution < 1.29 is 17.9 Å². The van der Waals surface area contributed by atoms with Crippen molar-refractivity contribution in [2.75, 3.05) is 23.8 Å². The Hall–Kier alpha value is -1.56. The first-order valence-electron chi connectivity index (χ1n) is 5.60. The Morgan fingerprint density at radius 2 is 2.06 bits per heavy atom. The minimum atomic E-state index is -3.12. The summed E-state index contributed by atoms with van der Waals surface area (Å²) in [6, 6.07) is 4.94. The van der Waals surface area contributed by atoms with Crippen LogP contribution < -0.4 is 5.73 Å². The van der Waals surface area contributed by atoms with Gasteiger partial charge in [-0.2, -0.15) is 0 Å². The Bertz CT molecular complexity index is 537. The van der Waals surface area contributed by atoms with Crippen molar-refractivity contribution in [2.24, 2.45) is 0 Å². The van der Waals surface area contributed by atoms with Crippen LogP contribution in [0.5, 0.6) is 0 Å². The number of carbonyl (C=O) groups excluding carboxylic acids is 1. The number of nitrogen functional groups attached to an aromatic ring is 1. The van der Waals surface area contributed by atoms with Crippen molar-refractivity contribution in [1.82, 2.24) is 0 Å². The molecule has 5 nitrogen and oxygen atoms in total. The third kappa shape index (κ3) is 3.73. The van der Waals surface area contributed by atoms with E-state index in [4.69, 9.17) is 10.5 Å². The van der Waals surface area contributed by atoms with Gasteiger partial charge < -0.3 is 10.5 Å². The van der Waals surface area contributed by atoms with Crippen LogP contribution in [0, 0.1) is 6.92 Å². The van der Waals surface area contributed by atoms with Crippen LogP contribution in [0.25, 0.3) is 0 Å². The quantitative estimate of drug-likeness (QED) is 0.641. The maximum Gasteiger partial charge on any atom is 0.338 e. The molecule has 0 bridgehead atoms. The lowest BCUT2D eigenvalue weighted by atomic mass is 10.1. The summed E-state index contributed by atoms with van der Waals surface area (Å²) in [6.07, 6.45) is 0. The maximum absolute atomic E-state index is 11.7. The minimum Gasteiger partial charge on any atom is -0.461 e. The summed E-state index contributed by atoms with van der Waals surface area (Å²) >= 11 is 0. The number of anilines is 1. The lowest BCUT2D eigenvalue weighted by Gasteiger charge is -2.08. The molecule has 0 radical (unpaired) electrons. The molecule has 0 amide bonds. The van der Waals surface area contributed by atoms with Gasteiger partial charge in [0.2, 0.25) is 0 Å². The van der Waals surface area contributed by atoms with Gasteiger partial charge in [-0.05, 0) is 24.6 Å². The lowest BCUT2D eigenvalue weighted by Crippen LogP contribution is -2.17. The predicted molar refractivity (Wildman–Crippen MR) is 70.2 cm³/mol. The Morgan fingerprint density at radius 1 is 1.39 bits per heavy atom. The highest BCUT2D eigenvalue weighted by molar-refractivity contribution is 7.91. The molecular weight excluding hydrogens is 254 g/mol. The van der Waals surface area contributed by atoms with Crippen LogP contribution in [0.3, 0.4) is 0 Å². The van der Waals surface area contributed by atoms with Gasteiger partial charge in [0.15, 0.2) is 9.84 Å². The molecular formula is C12H17NO4S. The molecule has 0 saturated carbocycles. The van der Waals surface area contributed by atoms with E-state index >= 15 is 0 Å². The normalized spacial score (nSPS) is 11.2. The molecule has 0 aliphatic carbocycles. The highest BCUT2D eigenvalue weighted by atomic mass is 32.2. The average molecular weight is 271 g/mol. The van der Waals surface area contributed by atoms with Crippen molar-refractivity contribution >= 4 is 21.5 Å². The largest absolute Gasteiger partial charge is 0.461 e. The van der Waals surface area contributed by atoms with Crippen LogP contribution in [-0.4, -0.2) is 32.5 Å². The van der Waals surface area contributed by atoms with Crippen LogP contribution in [0.2, 0.25) is 0 Å². The molecule has 6 heteroatoms. The minimum absolute atomic E-state index is 0.0435. The van der Waals surface area contributed by atoms with Crippen LogP contribution in [0.1, 0.15) is 22.8 Å². The molecule has 1 rings (SSSR count). The topological polar surface area (TPSA) is 86.5 Å². The van der Waals surface area contributed by atoms with E-state index in [2.05, 4.69) is 0 Å². The summed E-state index contributed by atoms with van der Waals surface area (Å²) < 4.78 is 27.4. The number of benzene rings is 1. The first kappa shape index (κ1) is 14.5. The van der Waals surface area contributed by atoms with Crippen molar-refractivity contribution in [3.8, 4) is 0 Å². The number of sulfone groups is 1. The fourth-order valence-electron chi connectivity index (χ4n) is 1.36. The number of hydrogen-bond donors (Lipinski definition) is 1. The summed E-state index contributed by atoms with van der Waals surface area (Å²) in [5.41, 5.74) is 7.18. The molecule has 2 N–H and O–H groups in total. The molecule has 18 heavy (non-hydrogen) atoms. The number of rotatable bonds is 5. The summed E-state index contributed by atoms with van der Waals surface area (Å²) in [7, 11) is -3.12. The van der Waals surface area contributed by atoms with E-state index in [0.29, 0.717) is 16.8 Å². The second kappa shape index (κ2) is 5.86. The molecule has 0 heterocycles. The Morgan fingerprint density at radius 3 is 2.67 bits per heavy atom. The second-order valence-electron chi connectivity index (χ2n) is 3.89. The van der Waals surface area contributed by atoms with Gasteiger partial charge in [0.25, 0.3) is 0 Å². The summed E-state index contributed by atoms with van der Waals surface area (Å²) in [6.45, 7) is 3.14.